The summed E-state index contributed by atoms with van der Waals surface area (Å²) in [6.45, 7) is 2.90. The van der Waals surface area contributed by atoms with Gasteiger partial charge in [0.25, 0.3) is 5.91 Å². The van der Waals surface area contributed by atoms with Gasteiger partial charge in [-0.1, -0.05) is 36.5 Å². The molecule has 1 aliphatic rings. The summed E-state index contributed by atoms with van der Waals surface area (Å²) in [5.41, 5.74) is 0.803. The van der Waals surface area contributed by atoms with Crippen molar-refractivity contribution in [1.82, 2.24) is 10.3 Å². The standard InChI is InChI=1S/C13H16Cl2N2O/c1-2-3-13(4-5-13)8-16-12(18)9-6-10(14)17-11(15)7-9/h6-7H,2-5,8H2,1H3,(H,16,18). The second-order valence-electron chi connectivity index (χ2n) is 4.93. The number of hydrogen-bond acceptors (Lipinski definition) is 2. The van der Waals surface area contributed by atoms with Crippen LogP contribution in [0, 0.1) is 5.41 Å². The van der Waals surface area contributed by atoms with Crippen molar-refractivity contribution in [3.05, 3.63) is 28.0 Å². The van der Waals surface area contributed by atoms with Gasteiger partial charge >= 0.3 is 0 Å². The molecule has 1 aromatic heterocycles. The normalized spacial score (nSPS) is 16.4. The van der Waals surface area contributed by atoms with E-state index in [0.29, 0.717) is 11.0 Å². The Bertz CT molecular complexity index is 438. The zero-order valence-corrected chi connectivity index (χ0v) is 11.8. The molecule has 0 radical (unpaired) electrons. The molecule has 0 atom stereocenters. The van der Waals surface area contributed by atoms with Crippen LogP contribution < -0.4 is 5.32 Å². The van der Waals surface area contributed by atoms with Gasteiger partial charge in [-0.05, 0) is 36.8 Å². The van der Waals surface area contributed by atoms with E-state index >= 15 is 0 Å². The molecule has 5 heteroatoms. The highest BCUT2D eigenvalue weighted by molar-refractivity contribution is 6.33. The number of hydrogen-bond donors (Lipinski definition) is 1. The molecule has 0 spiro atoms. The molecule has 1 saturated carbocycles. The van der Waals surface area contributed by atoms with Crippen molar-refractivity contribution in [2.24, 2.45) is 5.41 Å². The van der Waals surface area contributed by atoms with E-state index < -0.39 is 0 Å². The number of carbonyl (C=O) groups excluding carboxylic acids is 1. The summed E-state index contributed by atoms with van der Waals surface area (Å²) < 4.78 is 0. The first-order valence-corrected chi connectivity index (χ1v) is 6.91. The topological polar surface area (TPSA) is 42.0 Å². The molecule has 0 aromatic carbocycles. The average molecular weight is 287 g/mol. The van der Waals surface area contributed by atoms with E-state index in [4.69, 9.17) is 23.2 Å². The lowest BCUT2D eigenvalue weighted by Gasteiger charge is -2.14. The number of nitrogens with zero attached hydrogens (tertiary/aromatic N) is 1. The quantitative estimate of drug-likeness (QED) is 0.839. The van der Waals surface area contributed by atoms with Crippen molar-refractivity contribution >= 4 is 29.1 Å². The monoisotopic (exact) mass is 286 g/mol. The second kappa shape index (κ2) is 5.45. The molecule has 1 amide bonds. The van der Waals surface area contributed by atoms with Gasteiger partial charge in [0.15, 0.2) is 0 Å². The lowest BCUT2D eigenvalue weighted by Crippen LogP contribution is -2.30. The summed E-state index contributed by atoms with van der Waals surface area (Å²) in [6, 6.07) is 3.06. The molecule has 18 heavy (non-hydrogen) atoms. The van der Waals surface area contributed by atoms with Gasteiger partial charge < -0.3 is 5.32 Å². The molecular weight excluding hydrogens is 271 g/mol. The maximum atomic E-state index is 12.0. The van der Waals surface area contributed by atoms with Crippen molar-refractivity contribution in [3.63, 3.8) is 0 Å². The SMILES string of the molecule is CCCC1(CNC(=O)c2cc(Cl)nc(Cl)c2)CC1. The second-order valence-corrected chi connectivity index (χ2v) is 5.71. The lowest BCUT2D eigenvalue weighted by atomic mass is 10.0. The molecule has 1 N–H and O–H groups in total. The van der Waals surface area contributed by atoms with Crippen LogP contribution in [0.4, 0.5) is 0 Å². The molecule has 0 aliphatic heterocycles. The number of nitrogens with one attached hydrogen (secondary N) is 1. The van der Waals surface area contributed by atoms with Crippen molar-refractivity contribution in [1.29, 1.82) is 0 Å². The van der Waals surface area contributed by atoms with Gasteiger partial charge in [-0.25, -0.2) is 4.98 Å². The Balaban J connectivity index is 1.95. The number of halogens is 2. The van der Waals surface area contributed by atoms with E-state index in [9.17, 15) is 4.79 Å². The highest BCUT2D eigenvalue weighted by Gasteiger charge is 2.41. The van der Waals surface area contributed by atoms with Crippen molar-refractivity contribution < 1.29 is 4.79 Å². The third-order valence-corrected chi connectivity index (χ3v) is 3.77. The first-order chi connectivity index (χ1) is 8.54. The number of amides is 1. The third-order valence-electron chi connectivity index (χ3n) is 3.39. The van der Waals surface area contributed by atoms with Crippen molar-refractivity contribution in [3.8, 4) is 0 Å². The predicted octanol–water partition coefficient (Wildman–Crippen LogP) is 3.70. The van der Waals surface area contributed by atoms with E-state index in [1.54, 1.807) is 0 Å². The van der Waals surface area contributed by atoms with Crippen molar-refractivity contribution in [2.75, 3.05) is 6.54 Å². The van der Waals surface area contributed by atoms with Crippen LogP contribution in [0.3, 0.4) is 0 Å². The minimum absolute atomic E-state index is 0.136. The molecular formula is C13H16Cl2N2O. The Kier molecular flexibility index (Phi) is 4.13. The fraction of sp³-hybridized carbons (Fsp3) is 0.538. The summed E-state index contributed by atoms with van der Waals surface area (Å²) in [6.07, 6.45) is 4.74. The first kappa shape index (κ1) is 13.6. The molecule has 0 bridgehead atoms. The van der Waals surface area contributed by atoms with Crippen LogP contribution in [0.2, 0.25) is 10.3 Å². The number of aromatic nitrogens is 1. The highest BCUT2D eigenvalue weighted by Crippen LogP contribution is 2.48. The van der Waals surface area contributed by atoms with Crippen LogP contribution in [0.1, 0.15) is 43.0 Å². The van der Waals surface area contributed by atoms with E-state index in [1.165, 1.54) is 31.4 Å². The summed E-state index contributed by atoms with van der Waals surface area (Å²) in [5.74, 6) is -0.136. The Hall–Kier alpha value is -0.800. The van der Waals surface area contributed by atoms with Crippen molar-refractivity contribution in [2.45, 2.75) is 32.6 Å². The van der Waals surface area contributed by atoms with E-state index in [1.807, 2.05) is 0 Å². The number of rotatable bonds is 5. The Morgan fingerprint density at radius 2 is 2.00 bits per heavy atom. The minimum atomic E-state index is -0.136. The predicted molar refractivity (Wildman–Crippen MR) is 73.2 cm³/mol. The summed E-state index contributed by atoms with van der Waals surface area (Å²) in [5, 5.41) is 3.43. The largest absolute Gasteiger partial charge is 0.351 e. The summed E-state index contributed by atoms with van der Waals surface area (Å²) in [4.78, 5) is 15.8. The average Bonchev–Trinajstić information content (AvgIpc) is 3.06. The Morgan fingerprint density at radius 1 is 1.39 bits per heavy atom. The smallest absolute Gasteiger partial charge is 0.251 e. The molecule has 2 rings (SSSR count). The molecule has 1 aliphatic carbocycles. The van der Waals surface area contributed by atoms with Crippen LogP contribution in [-0.4, -0.2) is 17.4 Å². The summed E-state index contributed by atoms with van der Waals surface area (Å²) >= 11 is 11.5. The molecule has 1 fully saturated rings. The van der Waals surface area contributed by atoms with Crippen LogP contribution >= 0.6 is 23.2 Å². The van der Waals surface area contributed by atoms with E-state index in [-0.39, 0.29) is 16.2 Å². The molecule has 98 valence electrons. The fourth-order valence-corrected chi connectivity index (χ4v) is 2.65. The molecule has 0 unspecified atom stereocenters. The van der Waals surface area contributed by atoms with Crippen LogP contribution in [0.5, 0.6) is 0 Å². The molecule has 3 nitrogen and oxygen atoms in total. The lowest BCUT2D eigenvalue weighted by molar-refractivity contribution is 0.0943. The molecule has 0 saturated heterocycles. The van der Waals surface area contributed by atoms with Crippen LogP contribution in [0.15, 0.2) is 12.1 Å². The van der Waals surface area contributed by atoms with Crippen LogP contribution in [-0.2, 0) is 0 Å². The highest BCUT2D eigenvalue weighted by atomic mass is 35.5. The maximum Gasteiger partial charge on any atom is 0.251 e. The Morgan fingerprint density at radius 3 is 2.50 bits per heavy atom. The van der Waals surface area contributed by atoms with Gasteiger partial charge in [-0.2, -0.15) is 0 Å². The van der Waals surface area contributed by atoms with Gasteiger partial charge in [-0.3, -0.25) is 4.79 Å². The zero-order chi connectivity index (χ0) is 13.2. The van der Waals surface area contributed by atoms with Gasteiger partial charge in [0.1, 0.15) is 10.3 Å². The minimum Gasteiger partial charge on any atom is -0.351 e. The van der Waals surface area contributed by atoms with Gasteiger partial charge in [0.05, 0.1) is 0 Å². The van der Waals surface area contributed by atoms with Gasteiger partial charge in [0, 0.05) is 12.1 Å². The van der Waals surface area contributed by atoms with Gasteiger partial charge in [-0.15, -0.1) is 0 Å². The maximum absolute atomic E-state index is 12.0. The fourth-order valence-electron chi connectivity index (χ4n) is 2.19. The summed E-state index contributed by atoms with van der Waals surface area (Å²) in [7, 11) is 0. The molecule has 1 aromatic rings. The first-order valence-electron chi connectivity index (χ1n) is 6.16. The third kappa shape index (κ3) is 3.36. The zero-order valence-electron chi connectivity index (χ0n) is 10.3. The van der Waals surface area contributed by atoms with Gasteiger partial charge in [0.2, 0.25) is 0 Å². The molecule has 1 heterocycles. The van der Waals surface area contributed by atoms with E-state index in [2.05, 4.69) is 17.2 Å². The Labute approximate surface area is 117 Å². The number of pyridine rings is 1. The number of carbonyl (C=O) groups is 1. The van der Waals surface area contributed by atoms with E-state index in [0.717, 1.165) is 13.0 Å². The van der Waals surface area contributed by atoms with Crippen LogP contribution in [0.25, 0.3) is 0 Å².